The summed E-state index contributed by atoms with van der Waals surface area (Å²) >= 11 is 0. The van der Waals surface area contributed by atoms with Crippen LogP contribution >= 0.6 is 0 Å². The van der Waals surface area contributed by atoms with Crippen LogP contribution in [0.15, 0.2) is 30.3 Å². The Morgan fingerprint density at radius 2 is 2.20 bits per heavy atom. The maximum Gasteiger partial charge on any atom is 0.328 e. The van der Waals surface area contributed by atoms with Gasteiger partial charge in [0.05, 0.1) is 5.92 Å². The summed E-state index contributed by atoms with van der Waals surface area (Å²) in [5.41, 5.74) is 1.24. The van der Waals surface area contributed by atoms with Crippen LogP contribution in [0.1, 0.15) is 12.0 Å². The van der Waals surface area contributed by atoms with Crippen molar-refractivity contribution in [1.29, 1.82) is 0 Å². The van der Waals surface area contributed by atoms with E-state index in [9.17, 15) is 14.4 Å². The molecular weight excluding hydrogens is 260 g/mol. The Morgan fingerprint density at radius 1 is 1.40 bits per heavy atom. The molecule has 20 heavy (non-hydrogen) atoms. The van der Waals surface area contributed by atoms with E-state index in [0.29, 0.717) is 17.8 Å². The number of carboxylic acids is 1. The van der Waals surface area contributed by atoms with Crippen LogP contribution in [-0.4, -0.2) is 29.4 Å². The lowest BCUT2D eigenvalue weighted by molar-refractivity contribution is -0.131. The summed E-state index contributed by atoms with van der Waals surface area (Å²) in [6.07, 6.45) is 2.67. The molecule has 1 fully saturated rings. The molecule has 1 heterocycles. The number of carboxylic acid groups (broad SMARTS) is 1. The zero-order valence-electron chi connectivity index (χ0n) is 10.6. The molecule has 3 N–H and O–H groups in total. The number of carbonyl (C=O) groups excluding carboxylic acids is 2. The highest BCUT2D eigenvalue weighted by Crippen LogP contribution is 2.16. The summed E-state index contributed by atoms with van der Waals surface area (Å²) in [4.78, 5) is 33.4. The number of amides is 2. The van der Waals surface area contributed by atoms with E-state index in [1.54, 1.807) is 24.3 Å². The van der Waals surface area contributed by atoms with Gasteiger partial charge in [0, 0.05) is 24.7 Å². The summed E-state index contributed by atoms with van der Waals surface area (Å²) in [6.45, 7) is 0.350. The van der Waals surface area contributed by atoms with Crippen LogP contribution in [0.3, 0.4) is 0 Å². The quantitative estimate of drug-likeness (QED) is 0.709. The molecule has 6 nitrogen and oxygen atoms in total. The second-order valence-corrected chi connectivity index (χ2v) is 4.49. The van der Waals surface area contributed by atoms with Gasteiger partial charge in [-0.3, -0.25) is 9.59 Å². The Labute approximate surface area is 115 Å². The minimum Gasteiger partial charge on any atom is -0.478 e. The molecule has 1 unspecified atom stereocenters. The van der Waals surface area contributed by atoms with Gasteiger partial charge in [0.2, 0.25) is 11.8 Å². The van der Waals surface area contributed by atoms with E-state index >= 15 is 0 Å². The third kappa shape index (κ3) is 3.68. The number of carbonyl (C=O) groups is 3. The maximum atomic E-state index is 11.9. The van der Waals surface area contributed by atoms with Gasteiger partial charge in [-0.2, -0.15) is 0 Å². The molecule has 104 valence electrons. The molecule has 1 saturated heterocycles. The summed E-state index contributed by atoms with van der Waals surface area (Å²) in [5.74, 6) is -1.73. The number of anilines is 1. The van der Waals surface area contributed by atoms with Gasteiger partial charge in [0.25, 0.3) is 0 Å². The smallest absolute Gasteiger partial charge is 0.328 e. The van der Waals surface area contributed by atoms with Crippen molar-refractivity contribution in [2.45, 2.75) is 6.42 Å². The molecular formula is C14H14N2O4. The Hall–Kier alpha value is -2.63. The summed E-state index contributed by atoms with van der Waals surface area (Å²) in [7, 11) is 0. The molecule has 1 atom stereocenters. The Balaban J connectivity index is 2.02. The van der Waals surface area contributed by atoms with Crippen molar-refractivity contribution in [3.8, 4) is 0 Å². The molecule has 0 spiro atoms. The van der Waals surface area contributed by atoms with Crippen molar-refractivity contribution in [3.63, 3.8) is 0 Å². The number of aliphatic carboxylic acids is 1. The van der Waals surface area contributed by atoms with Crippen molar-refractivity contribution < 1.29 is 19.5 Å². The van der Waals surface area contributed by atoms with E-state index in [1.807, 2.05) is 0 Å². The predicted molar refractivity (Wildman–Crippen MR) is 72.9 cm³/mol. The van der Waals surface area contributed by atoms with Crippen molar-refractivity contribution in [3.05, 3.63) is 35.9 Å². The van der Waals surface area contributed by atoms with Gasteiger partial charge in [-0.25, -0.2) is 4.79 Å². The van der Waals surface area contributed by atoms with Crippen molar-refractivity contribution in [1.82, 2.24) is 5.32 Å². The van der Waals surface area contributed by atoms with E-state index in [1.165, 1.54) is 6.08 Å². The standard InChI is InChI=1S/C14H14N2O4/c17-12-7-10(8-15-12)14(20)16-11-3-1-2-9(6-11)4-5-13(18)19/h1-6,10H,7-8H2,(H,15,17)(H,16,20)(H,18,19)/b5-4+. The van der Waals surface area contributed by atoms with Gasteiger partial charge in [0.15, 0.2) is 0 Å². The number of nitrogens with one attached hydrogen (secondary N) is 2. The van der Waals surface area contributed by atoms with E-state index in [-0.39, 0.29) is 24.2 Å². The van der Waals surface area contributed by atoms with E-state index < -0.39 is 5.97 Å². The Bertz CT molecular complexity index is 580. The number of rotatable bonds is 4. The highest BCUT2D eigenvalue weighted by molar-refractivity contribution is 5.97. The number of hydrogen-bond donors (Lipinski definition) is 3. The van der Waals surface area contributed by atoms with Crippen LogP contribution in [0.4, 0.5) is 5.69 Å². The largest absolute Gasteiger partial charge is 0.478 e. The van der Waals surface area contributed by atoms with Crippen molar-refractivity contribution >= 4 is 29.5 Å². The molecule has 1 aromatic carbocycles. The normalized spacial score (nSPS) is 18.0. The molecule has 1 aliphatic heterocycles. The lowest BCUT2D eigenvalue weighted by Gasteiger charge is -2.09. The second kappa shape index (κ2) is 6.01. The monoisotopic (exact) mass is 274 g/mol. The lowest BCUT2D eigenvalue weighted by Crippen LogP contribution is -2.24. The van der Waals surface area contributed by atoms with Crippen LogP contribution in [-0.2, 0) is 14.4 Å². The Morgan fingerprint density at radius 3 is 2.85 bits per heavy atom. The third-order valence-corrected chi connectivity index (χ3v) is 2.92. The molecule has 1 aliphatic rings. The first kappa shape index (κ1) is 13.8. The summed E-state index contributed by atoms with van der Waals surface area (Å²) in [5, 5.41) is 13.9. The van der Waals surface area contributed by atoms with Gasteiger partial charge < -0.3 is 15.7 Å². The topological polar surface area (TPSA) is 95.5 Å². The predicted octanol–water partition coefficient (Wildman–Crippen LogP) is 0.859. The third-order valence-electron chi connectivity index (χ3n) is 2.92. The van der Waals surface area contributed by atoms with E-state index in [4.69, 9.17) is 5.11 Å². The second-order valence-electron chi connectivity index (χ2n) is 4.49. The molecule has 0 aromatic heterocycles. The first-order chi connectivity index (χ1) is 9.54. The molecule has 0 aliphatic carbocycles. The molecule has 2 rings (SSSR count). The van der Waals surface area contributed by atoms with Crippen molar-refractivity contribution in [2.75, 3.05) is 11.9 Å². The number of benzene rings is 1. The lowest BCUT2D eigenvalue weighted by atomic mass is 10.1. The first-order valence-corrected chi connectivity index (χ1v) is 6.13. The minimum atomic E-state index is -1.03. The van der Waals surface area contributed by atoms with Gasteiger partial charge in [-0.05, 0) is 23.8 Å². The average molecular weight is 274 g/mol. The van der Waals surface area contributed by atoms with Crippen LogP contribution < -0.4 is 10.6 Å². The highest BCUT2D eigenvalue weighted by Gasteiger charge is 2.27. The summed E-state index contributed by atoms with van der Waals surface area (Å²) in [6, 6.07) is 6.83. The van der Waals surface area contributed by atoms with E-state index in [0.717, 1.165) is 6.08 Å². The molecule has 0 bridgehead atoms. The average Bonchev–Trinajstić information content (AvgIpc) is 2.84. The number of hydrogen-bond acceptors (Lipinski definition) is 3. The zero-order valence-corrected chi connectivity index (χ0v) is 10.6. The molecule has 1 aromatic rings. The SMILES string of the molecule is O=C(O)/C=C/c1cccc(NC(=O)C2CNC(=O)C2)c1. The fraction of sp³-hybridized carbons (Fsp3) is 0.214. The van der Waals surface area contributed by atoms with Crippen LogP contribution in [0.2, 0.25) is 0 Å². The summed E-state index contributed by atoms with van der Waals surface area (Å²) < 4.78 is 0. The molecule has 0 saturated carbocycles. The minimum absolute atomic E-state index is 0.122. The van der Waals surface area contributed by atoms with Crippen LogP contribution in [0.25, 0.3) is 6.08 Å². The Kier molecular flexibility index (Phi) is 4.14. The first-order valence-electron chi connectivity index (χ1n) is 6.13. The van der Waals surface area contributed by atoms with Gasteiger partial charge in [-0.15, -0.1) is 0 Å². The van der Waals surface area contributed by atoms with Crippen LogP contribution in [0, 0.1) is 5.92 Å². The van der Waals surface area contributed by atoms with Crippen LogP contribution in [0.5, 0.6) is 0 Å². The van der Waals surface area contributed by atoms with Gasteiger partial charge in [0.1, 0.15) is 0 Å². The van der Waals surface area contributed by atoms with E-state index in [2.05, 4.69) is 10.6 Å². The molecule has 0 radical (unpaired) electrons. The molecule has 2 amide bonds. The maximum absolute atomic E-state index is 11.9. The van der Waals surface area contributed by atoms with Gasteiger partial charge in [-0.1, -0.05) is 12.1 Å². The van der Waals surface area contributed by atoms with Gasteiger partial charge >= 0.3 is 5.97 Å². The highest BCUT2D eigenvalue weighted by atomic mass is 16.4. The molecule has 6 heteroatoms. The fourth-order valence-electron chi connectivity index (χ4n) is 1.92. The van der Waals surface area contributed by atoms with Crippen molar-refractivity contribution in [2.24, 2.45) is 5.92 Å². The fourth-order valence-corrected chi connectivity index (χ4v) is 1.92. The zero-order chi connectivity index (χ0) is 14.5.